The number of aliphatic hydroxyl groups is 1. The largest absolute Gasteiger partial charge is 0.550 e. The molecule has 1 atom stereocenters. The lowest BCUT2D eigenvalue weighted by molar-refractivity contribution is -0.305. The van der Waals surface area contributed by atoms with Crippen molar-refractivity contribution < 1.29 is 19.8 Å². The van der Waals surface area contributed by atoms with Crippen LogP contribution in [0.2, 0.25) is 0 Å². The van der Waals surface area contributed by atoms with Crippen molar-refractivity contribution in [1.29, 1.82) is 0 Å². The van der Waals surface area contributed by atoms with Gasteiger partial charge in [-0.1, -0.05) is 62.3 Å². The van der Waals surface area contributed by atoms with Crippen LogP contribution in [0, 0.1) is 0 Å². The van der Waals surface area contributed by atoms with Crippen molar-refractivity contribution in [2.24, 2.45) is 0 Å². The Bertz CT molecular complexity index is 458. The van der Waals surface area contributed by atoms with Crippen LogP contribution in [0.25, 0.3) is 0 Å². The van der Waals surface area contributed by atoms with Crippen LogP contribution in [0.15, 0.2) is 48.6 Å². The molecule has 0 aliphatic heterocycles. The molecule has 0 fully saturated rings. The minimum absolute atomic E-state index is 0.0430. The van der Waals surface area contributed by atoms with Gasteiger partial charge in [-0.3, -0.25) is 4.79 Å². The van der Waals surface area contributed by atoms with Gasteiger partial charge in [-0.15, -0.1) is 0 Å². The van der Waals surface area contributed by atoms with E-state index in [9.17, 15) is 19.8 Å². The quantitative estimate of drug-likeness (QED) is 0.229. The van der Waals surface area contributed by atoms with Gasteiger partial charge >= 0.3 is 0 Å². The number of carboxylic acid groups (broad SMARTS) is 1. The first kappa shape index (κ1) is 22.1. The molecule has 0 saturated heterocycles. The molecule has 0 bridgehead atoms. The van der Waals surface area contributed by atoms with Gasteiger partial charge in [-0.2, -0.15) is 0 Å². The zero-order valence-electron chi connectivity index (χ0n) is 14.5. The van der Waals surface area contributed by atoms with Gasteiger partial charge in [-0.25, -0.2) is 0 Å². The molecule has 0 saturated carbocycles. The van der Waals surface area contributed by atoms with Crippen molar-refractivity contribution >= 4 is 11.8 Å². The van der Waals surface area contributed by atoms with Crippen molar-refractivity contribution in [3.8, 4) is 0 Å². The van der Waals surface area contributed by atoms with Gasteiger partial charge < -0.3 is 15.0 Å². The third kappa shape index (κ3) is 16.4. The van der Waals surface area contributed by atoms with E-state index in [-0.39, 0.29) is 12.2 Å². The highest BCUT2D eigenvalue weighted by atomic mass is 16.4. The first-order valence-electron chi connectivity index (χ1n) is 8.63. The van der Waals surface area contributed by atoms with Gasteiger partial charge in [-0.05, 0) is 38.2 Å². The average molecular weight is 333 g/mol. The Kier molecular flexibility index (Phi) is 14.6. The van der Waals surface area contributed by atoms with Crippen LogP contribution < -0.4 is 5.11 Å². The number of aliphatic hydroxyl groups excluding tert-OH is 1. The van der Waals surface area contributed by atoms with Crippen molar-refractivity contribution in [3.05, 3.63) is 48.6 Å². The van der Waals surface area contributed by atoms with Crippen LogP contribution in [0.3, 0.4) is 0 Å². The summed E-state index contributed by atoms with van der Waals surface area (Å²) in [6, 6.07) is 0. The number of hydrogen-bond acceptors (Lipinski definition) is 4. The summed E-state index contributed by atoms with van der Waals surface area (Å²) in [6.45, 7) is 2.17. The lowest BCUT2D eigenvalue weighted by Gasteiger charge is -2.04. The SMILES string of the molecule is CCCCC/C=C\CC(=O)/C=C/C=C/C=C\[C@@H](O)CCCC(=O)[O-]. The maximum Gasteiger partial charge on any atom is 0.159 e. The fourth-order valence-corrected chi connectivity index (χ4v) is 1.93. The second-order valence-corrected chi connectivity index (χ2v) is 5.60. The number of ketones is 1. The van der Waals surface area contributed by atoms with Gasteiger partial charge in [0.2, 0.25) is 0 Å². The van der Waals surface area contributed by atoms with Gasteiger partial charge in [0.1, 0.15) is 0 Å². The molecule has 4 heteroatoms. The number of carbonyl (C=O) groups excluding carboxylic acids is 2. The topological polar surface area (TPSA) is 77.4 Å². The molecule has 0 aromatic rings. The zero-order valence-corrected chi connectivity index (χ0v) is 14.5. The molecule has 0 aromatic heterocycles. The Morgan fingerprint density at radius 2 is 1.79 bits per heavy atom. The summed E-state index contributed by atoms with van der Waals surface area (Å²) < 4.78 is 0. The van der Waals surface area contributed by atoms with Crippen LogP contribution >= 0.6 is 0 Å². The molecular formula is C20H29O4-. The van der Waals surface area contributed by atoms with Crippen LogP contribution in [0.1, 0.15) is 58.3 Å². The fraction of sp³-hybridized carbons (Fsp3) is 0.500. The van der Waals surface area contributed by atoms with Crippen molar-refractivity contribution in [2.45, 2.75) is 64.4 Å². The normalized spacial score (nSPS) is 13.6. The minimum atomic E-state index is -1.10. The zero-order chi connectivity index (χ0) is 18.0. The smallest absolute Gasteiger partial charge is 0.159 e. The molecule has 0 amide bonds. The molecule has 0 radical (unpaired) electrons. The fourth-order valence-electron chi connectivity index (χ4n) is 1.93. The summed E-state index contributed by atoms with van der Waals surface area (Å²) in [4.78, 5) is 21.8. The Morgan fingerprint density at radius 1 is 1.04 bits per heavy atom. The van der Waals surface area contributed by atoms with Crippen LogP contribution in [0.5, 0.6) is 0 Å². The molecule has 0 aliphatic rings. The van der Waals surface area contributed by atoms with Crippen LogP contribution in [0.4, 0.5) is 0 Å². The van der Waals surface area contributed by atoms with Gasteiger partial charge in [0.15, 0.2) is 5.78 Å². The van der Waals surface area contributed by atoms with E-state index in [0.29, 0.717) is 19.3 Å². The summed E-state index contributed by atoms with van der Waals surface area (Å²) in [5.74, 6) is -1.05. The monoisotopic (exact) mass is 333 g/mol. The van der Waals surface area contributed by atoms with E-state index in [2.05, 4.69) is 13.0 Å². The molecule has 0 rings (SSSR count). The van der Waals surface area contributed by atoms with Crippen LogP contribution in [-0.4, -0.2) is 23.0 Å². The third-order valence-corrected chi connectivity index (χ3v) is 3.29. The standard InChI is InChI=1S/C20H30O4/c1-2-3-4-5-6-9-13-18(21)14-10-7-8-11-15-19(22)16-12-17-20(23)24/h6-11,14-15,19,22H,2-5,12-13,16-17H2,1H3,(H,23,24)/p-1/b8-7+,9-6-,14-10+,15-11-/t19-/m1/s1. The van der Waals surface area contributed by atoms with Gasteiger partial charge in [0.25, 0.3) is 0 Å². The lowest BCUT2D eigenvalue weighted by atomic mass is 10.1. The number of unbranched alkanes of at least 4 members (excludes halogenated alkanes) is 3. The molecule has 0 spiro atoms. The van der Waals surface area contributed by atoms with E-state index < -0.39 is 12.1 Å². The second kappa shape index (κ2) is 15.9. The molecule has 0 unspecified atom stereocenters. The highest BCUT2D eigenvalue weighted by Gasteiger charge is 1.97. The first-order valence-corrected chi connectivity index (χ1v) is 8.63. The molecule has 134 valence electrons. The number of rotatable bonds is 14. The molecule has 4 nitrogen and oxygen atoms in total. The molecule has 0 aliphatic carbocycles. The van der Waals surface area contributed by atoms with E-state index in [0.717, 1.165) is 6.42 Å². The Hall–Kier alpha value is -1.94. The molecule has 0 aromatic carbocycles. The summed E-state index contributed by atoms with van der Waals surface area (Å²) in [7, 11) is 0. The minimum Gasteiger partial charge on any atom is -0.550 e. The van der Waals surface area contributed by atoms with Crippen LogP contribution in [-0.2, 0) is 9.59 Å². The number of carbonyl (C=O) groups is 2. The molecule has 1 N–H and O–H groups in total. The predicted octanol–water partition coefficient (Wildman–Crippen LogP) is 3.03. The molecule has 24 heavy (non-hydrogen) atoms. The van der Waals surface area contributed by atoms with Crippen molar-refractivity contribution in [2.75, 3.05) is 0 Å². The Labute approximate surface area is 145 Å². The second-order valence-electron chi connectivity index (χ2n) is 5.60. The number of carboxylic acids is 1. The summed E-state index contributed by atoms with van der Waals surface area (Å²) in [6.07, 6.45) is 19.0. The molecular weight excluding hydrogens is 304 g/mol. The summed E-state index contributed by atoms with van der Waals surface area (Å²) in [5, 5.41) is 19.8. The van der Waals surface area contributed by atoms with E-state index in [1.807, 2.05) is 6.08 Å². The van der Waals surface area contributed by atoms with Gasteiger partial charge in [0, 0.05) is 12.4 Å². The maximum absolute atomic E-state index is 11.6. The lowest BCUT2D eigenvalue weighted by Crippen LogP contribution is -2.22. The van der Waals surface area contributed by atoms with E-state index in [1.165, 1.54) is 25.3 Å². The number of allylic oxidation sites excluding steroid dienone is 7. The van der Waals surface area contributed by atoms with E-state index in [4.69, 9.17) is 0 Å². The number of aliphatic carboxylic acids is 1. The van der Waals surface area contributed by atoms with E-state index in [1.54, 1.807) is 30.4 Å². The van der Waals surface area contributed by atoms with Gasteiger partial charge in [0.05, 0.1) is 6.10 Å². The van der Waals surface area contributed by atoms with E-state index >= 15 is 0 Å². The highest BCUT2D eigenvalue weighted by molar-refractivity contribution is 5.90. The summed E-state index contributed by atoms with van der Waals surface area (Å²) in [5.41, 5.74) is 0. The third-order valence-electron chi connectivity index (χ3n) is 3.29. The molecule has 0 heterocycles. The first-order chi connectivity index (χ1) is 11.6. The number of hydrogen-bond donors (Lipinski definition) is 1. The average Bonchev–Trinajstić information content (AvgIpc) is 2.53. The maximum atomic E-state index is 11.6. The predicted molar refractivity (Wildman–Crippen MR) is 95.2 cm³/mol. The van der Waals surface area contributed by atoms with Crippen molar-refractivity contribution in [3.63, 3.8) is 0 Å². The Morgan fingerprint density at radius 3 is 2.50 bits per heavy atom. The highest BCUT2D eigenvalue weighted by Crippen LogP contribution is 2.02. The van der Waals surface area contributed by atoms with Crippen molar-refractivity contribution in [1.82, 2.24) is 0 Å². The summed E-state index contributed by atoms with van der Waals surface area (Å²) >= 11 is 0. The Balaban J connectivity index is 3.83.